The fourth-order valence-corrected chi connectivity index (χ4v) is 4.35. The number of hydrogen-bond acceptors (Lipinski definition) is 3. The number of aromatic nitrogens is 1. The predicted molar refractivity (Wildman–Crippen MR) is 139 cm³/mol. The van der Waals surface area contributed by atoms with Crippen LogP contribution in [-0.2, 0) is 7.05 Å². The van der Waals surface area contributed by atoms with E-state index < -0.39 is 0 Å². The van der Waals surface area contributed by atoms with Crippen molar-refractivity contribution in [1.82, 2.24) is 4.57 Å². The van der Waals surface area contributed by atoms with E-state index in [4.69, 9.17) is 9.41 Å². The second-order valence-electron chi connectivity index (χ2n) is 8.66. The fourth-order valence-electron chi connectivity index (χ4n) is 4.35. The third-order valence-electron chi connectivity index (χ3n) is 6.41. The normalized spacial score (nSPS) is 11.4. The van der Waals surface area contributed by atoms with Crippen LogP contribution in [0.15, 0.2) is 82.2 Å². The molecule has 34 heavy (non-hydrogen) atoms. The third kappa shape index (κ3) is 3.62. The van der Waals surface area contributed by atoms with Gasteiger partial charge in [-0.15, -0.1) is 0 Å². The lowest BCUT2D eigenvalue weighted by Gasteiger charge is -2.05. The van der Waals surface area contributed by atoms with Gasteiger partial charge in [-0.3, -0.25) is 0 Å². The van der Waals surface area contributed by atoms with Crippen LogP contribution in [0.3, 0.4) is 0 Å². The number of aryl methyl sites for hydroxylation is 3. The van der Waals surface area contributed by atoms with Gasteiger partial charge in [-0.1, -0.05) is 77.9 Å². The maximum absolute atomic E-state index is 10.2. The van der Waals surface area contributed by atoms with Crippen LogP contribution in [0.2, 0.25) is 0 Å². The van der Waals surface area contributed by atoms with Crippen LogP contribution in [0.4, 0.5) is 5.88 Å². The highest BCUT2D eigenvalue weighted by Crippen LogP contribution is 2.42. The predicted octanol–water partition coefficient (Wildman–Crippen LogP) is 7.65. The molecular formula is C30H25N3O. The maximum Gasteiger partial charge on any atom is 0.238 e. The molecule has 0 spiro atoms. The summed E-state index contributed by atoms with van der Waals surface area (Å²) in [7, 11) is 2.05. The van der Waals surface area contributed by atoms with Crippen molar-refractivity contribution in [1.29, 1.82) is 5.26 Å². The van der Waals surface area contributed by atoms with Gasteiger partial charge in [0, 0.05) is 46.5 Å². The fraction of sp³-hybridized carbons (Fsp3) is 0.133. The molecule has 5 aromatic rings. The van der Waals surface area contributed by atoms with Crippen LogP contribution in [0.1, 0.15) is 27.9 Å². The van der Waals surface area contributed by atoms with Gasteiger partial charge in [-0.25, -0.2) is 4.99 Å². The van der Waals surface area contributed by atoms with Crippen molar-refractivity contribution in [2.45, 2.75) is 20.8 Å². The summed E-state index contributed by atoms with van der Waals surface area (Å²) in [5, 5.41) is 11.3. The van der Waals surface area contributed by atoms with Gasteiger partial charge < -0.3 is 8.98 Å². The molecule has 166 valence electrons. The van der Waals surface area contributed by atoms with Crippen molar-refractivity contribution < 1.29 is 4.42 Å². The summed E-state index contributed by atoms with van der Waals surface area (Å²) in [6, 6.07) is 26.9. The minimum atomic E-state index is 0.320. The van der Waals surface area contributed by atoms with Gasteiger partial charge in [-0.05, 0) is 32.4 Å². The van der Waals surface area contributed by atoms with E-state index in [1.807, 2.05) is 80.8 Å². The highest BCUT2D eigenvalue weighted by Gasteiger charge is 2.23. The smallest absolute Gasteiger partial charge is 0.238 e. The minimum absolute atomic E-state index is 0.320. The van der Waals surface area contributed by atoms with Crippen LogP contribution in [0.5, 0.6) is 0 Å². The summed E-state index contributed by atoms with van der Waals surface area (Å²) in [6.07, 6.45) is 1.81. The van der Waals surface area contributed by atoms with Gasteiger partial charge in [0.2, 0.25) is 5.88 Å². The van der Waals surface area contributed by atoms with Crippen molar-refractivity contribution in [3.8, 4) is 28.5 Å². The summed E-state index contributed by atoms with van der Waals surface area (Å²) < 4.78 is 8.45. The molecule has 0 aliphatic rings. The van der Waals surface area contributed by atoms with Crippen LogP contribution < -0.4 is 0 Å². The zero-order valence-corrected chi connectivity index (χ0v) is 19.8. The summed E-state index contributed by atoms with van der Waals surface area (Å²) >= 11 is 0. The first-order valence-electron chi connectivity index (χ1n) is 11.3. The first-order valence-corrected chi connectivity index (χ1v) is 11.3. The van der Waals surface area contributed by atoms with Crippen LogP contribution in [0, 0.1) is 32.1 Å². The minimum Gasteiger partial charge on any atom is -0.436 e. The van der Waals surface area contributed by atoms with E-state index in [-0.39, 0.29) is 0 Å². The molecule has 0 saturated carbocycles. The van der Waals surface area contributed by atoms with Crippen molar-refractivity contribution in [2.75, 3.05) is 0 Å². The van der Waals surface area contributed by atoms with Crippen molar-refractivity contribution >= 4 is 23.0 Å². The monoisotopic (exact) mass is 443 g/mol. The highest BCUT2D eigenvalue weighted by atomic mass is 16.4. The summed E-state index contributed by atoms with van der Waals surface area (Å²) in [4.78, 5) is 4.71. The Labute approximate surface area is 199 Å². The van der Waals surface area contributed by atoms with Crippen molar-refractivity contribution in [3.05, 3.63) is 101 Å². The van der Waals surface area contributed by atoms with E-state index in [0.29, 0.717) is 17.2 Å². The number of furan rings is 1. The van der Waals surface area contributed by atoms with E-state index in [2.05, 4.69) is 36.6 Å². The SMILES string of the molecule is Cc1ccc(-c2oc(N=Cc3c(C)n(C)c4ccccc34)c(C#N)c2-c2ccc(C)cc2)cc1. The molecule has 0 radical (unpaired) electrons. The molecule has 5 rings (SSSR count). The zero-order chi connectivity index (χ0) is 23.8. The third-order valence-corrected chi connectivity index (χ3v) is 6.41. The Kier molecular flexibility index (Phi) is 5.39. The number of aliphatic imine (C=N–C) groups is 1. The average Bonchev–Trinajstić information content (AvgIpc) is 3.34. The Morgan fingerprint density at radius 2 is 1.47 bits per heavy atom. The molecule has 2 heterocycles. The molecule has 0 saturated heterocycles. The van der Waals surface area contributed by atoms with E-state index >= 15 is 0 Å². The van der Waals surface area contributed by atoms with E-state index in [1.54, 1.807) is 0 Å². The maximum atomic E-state index is 10.2. The number of nitriles is 1. The Balaban J connectivity index is 1.70. The molecule has 4 nitrogen and oxygen atoms in total. The summed E-state index contributed by atoms with van der Waals surface area (Å²) in [5.41, 5.74) is 8.65. The second kappa shape index (κ2) is 8.53. The topological polar surface area (TPSA) is 54.2 Å². The molecule has 0 aliphatic carbocycles. The Hall–Kier alpha value is -4.36. The van der Waals surface area contributed by atoms with Crippen molar-refractivity contribution in [2.24, 2.45) is 12.0 Å². The lowest BCUT2D eigenvalue weighted by molar-refractivity contribution is 0.593. The van der Waals surface area contributed by atoms with Gasteiger partial charge >= 0.3 is 0 Å². The molecular weight excluding hydrogens is 418 g/mol. The molecule has 0 bridgehead atoms. The molecule has 2 aromatic heterocycles. The van der Waals surface area contributed by atoms with Gasteiger partial charge in [0.15, 0.2) is 0 Å². The number of rotatable bonds is 4. The molecule has 0 unspecified atom stereocenters. The molecule has 0 aliphatic heterocycles. The zero-order valence-electron chi connectivity index (χ0n) is 19.8. The van der Waals surface area contributed by atoms with E-state index in [0.717, 1.165) is 50.0 Å². The number of benzene rings is 3. The largest absolute Gasteiger partial charge is 0.436 e. The lowest BCUT2D eigenvalue weighted by atomic mass is 9.97. The number of hydrogen-bond donors (Lipinski definition) is 0. The van der Waals surface area contributed by atoms with Gasteiger partial charge in [0.1, 0.15) is 17.4 Å². The molecule has 0 amide bonds. The van der Waals surface area contributed by atoms with Gasteiger partial charge in [-0.2, -0.15) is 5.26 Å². The van der Waals surface area contributed by atoms with Crippen LogP contribution in [-0.4, -0.2) is 10.8 Å². The first-order chi connectivity index (χ1) is 16.5. The van der Waals surface area contributed by atoms with Gasteiger partial charge in [0.05, 0.1) is 0 Å². The second-order valence-corrected chi connectivity index (χ2v) is 8.66. The van der Waals surface area contributed by atoms with E-state index in [1.165, 1.54) is 0 Å². The number of fused-ring (bicyclic) bond motifs is 1. The Bertz CT molecular complexity index is 1570. The number of para-hydroxylation sites is 1. The highest BCUT2D eigenvalue weighted by molar-refractivity contribution is 6.02. The van der Waals surface area contributed by atoms with Crippen LogP contribution >= 0.6 is 0 Å². The molecule has 3 aromatic carbocycles. The lowest BCUT2D eigenvalue weighted by Crippen LogP contribution is -1.91. The molecule has 4 heteroatoms. The first kappa shape index (κ1) is 21.5. The molecule has 0 N–H and O–H groups in total. The Morgan fingerprint density at radius 1 is 0.853 bits per heavy atom. The summed E-state index contributed by atoms with van der Waals surface area (Å²) in [6.45, 7) is 6.17. The van der Waals surface area contributed by atoms with E-state index in [9.17, 15) is 5.26 Å². The average molecular weight is 444 g/mol. The van der Waals surface area contributed by atoms with Crippen molar-refractivity contribution in [3.63, 3.8) is 0 Å². The van der Waals surface area contributed by atoms with Gasteiger partial charge in [0.25, 0.3) is 0 Å². The molecule has 0 fully saturated rings. The van der Waals surface area contributed by atoms with Crippen LogP contribution in [0.25, 0.3) is 33.4 Å². The molecule has 0 atom stereocenters. The summed E-state index contributed by atoms with van der Waals surface area (Å²) in [5.74, 6) is 0.975. The quantitative estimate of drug-likeness (QED) is 0.268. The standard InChI is InChI=1S/C30H25N3O/c1-19-9-13-22(14-10-19)28-25(17-31)30(34-29(28)23-15-11-20(2)12-16-23)32-18-26-21(3)33(4)27-8-6-5-7-24(26)27/h5-16,18H,1-4H3. The Morgan fingerprint density at radius 3 is 2.12 bits per heavy atom. The number of nitrogens with zero attached hydrogens (tertiary/aromatic N) is 3.